The lowest BCUT2D eigenvalue weighted by Gasteiger charge is -2.35. The maximum absolute atomic E-state index is 12.1. The van der Waals surface area contributed by atoms with Crippen molar-refractivity contribution in [1.82, 2.24) is 14.7 Å². The van der Waals surface area contributed by atoms with Crippen LogP contribution in [-0.2, 0) is 11.3 Å². The number of likely N-dealkylation sites (tertiary alicyclic amines) is 1. The second kappa shape index (κ2) is 5.82. The molecule has 0 bridgehead atoms. The Hall–Kier alpha value is -1.36. The first-order chi connectivity index (χ1) is 8.31. The number of hydrogen-bond donors (Lipinski definition) is 1. The number of nitrogens with two attached hydrogens (primary N) is 1. The van der Waals surface area contributed by atoms with Crippen LogP contribution in [0, 0.1) is 0 Å². The van der Waals surface area contributed by atoms with Crippen LogP contribution in [0.4, 0.5) is 0 Å². The molecule has 2 heterocycles. The van der Waals surface area contributed by atoms with E-state index in [0.29, 0.717) is 19.5 Å². The van der Waals surface area contributed by atoms with Crippen LogP contribution in [0.2, 0.25) is 0 Å². The molecule has 17 heavy (non-hydrogen) atoms. The molecule has 5 nitrogen and oxygen atoms in total. The molecule has 2 rings (SSSR count). The summed E-state index contributed by atoms with van der Waals surface area (Å²) in [6.07, 6.45) is 7.45. The molecule has 0 radical (unpaired) electrons. The molecule has 0 saturated carbocycles. The maximum Gasteiger partial charge on any atom is 0.224 e. The van der Waals surface area contributed by atoms with E-state index in [1.807, 2.05) is 17.2 Å². The number of carbonyl (C=O) groups is 1. The summed E-state index contributed by atoms with van der Waals surface area (Å²) in [5, 5.41) is 4.09. The fourth-order valence-electron chi connectivity index (χ4n) is 2.36. The molecule has 2 N–H and O–H groups in total. The fraction of sp³-hybridized carbons (Fsp3) is 0.667. The van der Waals surface area contributed by atoms with Gasteiger partial charge in [-0.3, -0.25) is 9.48 Å². The third-order valence-electron chi connectivity index (χ3n) is 3.33. The number of rotatable bonds is 4. The van der Waals surface area contributed by atoms with Gasteiger partial charge >= 0.3 is 0 Å². The van der Waals surface area contributed by atoms with Crippen molar-refractivity contribution < 1.29 is 4.79 Å². The second-order valence-corrected chi connectivity index (χ2v) is 4.49. The van der Waals surface area contributed by atoms with Gasteiger partial charge in [-0.25, -0.2) is 0 Å². The van der Waals surface area contributed by atoms with Crippen LogP contribution in [0.25, 0.3) is 0 Å². The van der Waals surface area contributed by atoms with Crippen molar-refractivity contribution in [3.63, 3.8) is 0 Å². The molecule has 1 unspecified atom stereocenters. The average molecular weight is 236 g/mol. The zero-order valence-electron chi connectivity index (χ0n) is 10.1. The minimum absolute atomic E-state index is 0.204. The van der Waals surface area contributed by atoms with Crippen LogP contribution in [0.5, 0.6) is 0 Å². The van der Waals surface area contributed by atoms with Gasteiger partial charge in [0.25, 0.3) is 0 Å². The van der Waals surface area contributed by atoms with Gasteiger partial charge in [-0.05, 0) is 25.3 Å². The zero-order chi connectivity index (χ0) is 12.1. The number of amides is 1. The highest BCUT2D eigenvalue weighted by molar-refractivity contribution is 5.76. The second-order valence-electron chi connectivity index (χ2n) is 4.49. The summed E-state index contributed by atoms with van der Waals surface area (Å²) in [6.45, 7) is 2.09. The first-order valence-corrected chi connectivity index (χ1v) is 6.28. The van der Waals surface area contributed by atoms with E-state index in [1.54, 1.807) is 10.9 Å². The Morgan fingerprint density at radius 3 is 3.06 bits per heavy atom. The normalized spacial score (nSPS) is 20.5. The molecular formula is C12H20N4O. The molecule has 1 saturated heterocycles. The Balaban J connectivity index is 1.85. The van der Waals surface area contributed by atoms with E-state index in [4.69, 9.17) is 5.73 Å². The van der Waals surface area contributed by atoms with Gasteiger partial charge in [0.1, 0.15) is 0 Å². The van der Waals surface area contributed by atoms with Crippen LogP contribution in [-0.4, -0.2) is 39.7 Å². The number of aromatic nitrogens is 2. The summed E-state index contributed by atoms with van der Waals surface area (Å²) in [5.74, 6) is 0.204. The van der Waals surface area contributed by atoms with Crippen molar-refractivity contribution in [3.8, 4) is 0 Å². The van der Waals surface area contributed by atoms with Gasteiger partial charge < -0.3 is 10.6 Å². The van der Waals surface area contributed by atoms with Crippen molar-refractivity contribution in [2.75, 3.05) is 13.1 Å². The van der Waals surface area contributed by atoms with Crippen molar-refractivity contribution in [2.45, 2.75) is 38.3 Å². The molecule has 1 aliphatic rings. The predicted octanol–water partition coefficient (Wildman–Crippen LogP) is 0.613. The number of hydrogen-bond acceptors (Lipinski definition) is 3. The first-order valence-electron chi connectivity index (χ1n) is 6.28. The Labute approximate surface area is 102 Å². The fourth-order valence-corrected chi connectivity index (χ4v) is 2.36. The molecule has 1 aliphatic heterocycles. The van der Waals surface area contributed by atoms with E-state index >= 15 is 0 Å². The number of carbonyl (C=O) groups excluding carboxylic acids is 1. The number of piperidine rings is 1. The summed E-state index contributed by atoms with van der Waals surface area (Å²) < 4.78 is 1.79. The quantitative estimate of drug-likeness (QED) is 0.833. The summed E-state index contributed by atoms with van der Waals surface area (Å²) in [6, 6.07) is 2.11. The van der Waals surface area contributed by atoms with Crippen molar-refractivity contribution in [1.29, 1.82) is 0 Å². The van der Waals surface area contributed by atoms with Crippen LogP contribution in [0.1, 0.15) is 25.7 Å². The highest BCUT2D eigenvalue weighted by atomic mass is 16.2. The molecule has 1 aromatic heterocycles. The minimum atomic E-state index is 0.204. The largest absolute Gasteiger partial charge is 0.338 e. The third kappa shape index (κ3) is 3.06. The Morgan fingerprint density at radius 1 is 1.47 bits per heavy atom. The Morgan fingerprint density at radius 2 is 2.35 bits per heavy atom. The highest BCUT2D eigenvalue weighted by Gasteiger charge is 2.24. The van der Waals surface area contributed by atoms with Gasteiger partial charge in [-0.15, -0.1) is 0 Å². The van der Waals surface area contributed by atoms with E-state index in [2.05, 4.69) is 5.10 Å². The Kier molecular flexibility index (Phi) is 4.14. The van der Waals surface area contributed by atoms with E-state index in [-0.39, 0.29) is 11.9 Å². The van der Waals surface area contributed by atoms with Crippen LogP contribution < -0.4 is 5.73 Å². The minimum Gasteiger partial charge on any atom is -0.338 e. The average Bonchev–Trinajstić information content (AvgIpc) is 2.89. The lowest BCUT2D eigenvalue weighted by Crippen LogP contribution is -2.47. The summed E-state index contributed by atoms with van der Waals surface area (Å²) in [4.78, 5) is 14.0. The topological polar surface area (TPSA) is 64.2 Å². The lowest BCUT2D eigenvalue weighted by molar-refractivity contribution is -0.134. The van der Waals surface area contributed by atoms with Gasteiger partial charge in [-0.2, -0.15) is 5.10 Å². The van der Waals surface area contributed by atoms with Crippen LogP contribution in [0.3, 0.4) is 0 Å². The molecule has 1 aromatic rings. The van der Waals surface area contributed by atoms with Gasteiger partial charge in [0.2, 0.25) is 5.91 Å². The molecule has 5 heteroatoms. The van der Waals surface area contributed by atoms with Crippen LogP contribution in [0.15, 0.2) is 18.5 Å². The van der Waals surface area contributed by atoms with E-state index in [0.717, 1.165) is 19.4 Å². The summed E-state index contributed by atoms with van der Waals surface area (Å²) in [5.41, 5.74) is 5.71. The monoisotopic (exact) mass is 236 g/mol. The molecule has 0 aliphatic carbocycles. The molecule has 0 spiro atoms. The van der Waals surface area contributed by atoms with Gasteiger partial charge in [-0.1, -0.05) is 0 Å². The van der Waals surface area contributed by atoms with E-state index < -0.39 is 0 Å². The molecule has 1 atom stereocenters. The van der Waals surface area contributed by atoms with Crippen LogP contribution >= 0.6 is 0 Å². The lowest BCUT2D eigenvalue weighted by atomic mass is 10.0. The van der Waals surface area contributed by atoms with E-state index in [9.17, 15) is 4.79 Å². The molecule has 1 fully saturated rings. The summed E-state index contributed by atoms with van der Waals surface area (Å²) >= 11 is 0. The predicted molar refractivity (Wildman–Crippen MR) is 65.3 cm³/mol. The molecule has 1 amide bonds. The van der Waals surface area contributed by atoms with Gasteiger partial charge in [0, 0.05) is 44.5 Å². The standard InChI is InChI=1S/C12H20N4O/c13-10-11-4-1-2-8-16(11)12(17)5-9-15-7-3-6-14-15/h3,6-7,11H,1-2,4-5,8-10,13H2. The Bertz CT molecular complexity index is 349. The summed E-state index contributed by atoms with van der Waals surface area (Å²) in [7, 11) is 0. The highest BCUT2D eigenvalue weighted by Crippen LogP contribution is 2.17. The molecule has 0 aromatic carbocycles. The first kappa shape index (κ1) is 12.1. The number of aryl methyl sites for hydroxylation is 1. The van der Waals surface area contributed by atoms with Gasteiger partial charge in [0.05, 0.1) is 0 Å². The zero-order valence-corrected chi connectivity index (χ0v) is 10.1. The SMILES string of the molecule is NCC1CCCCN1C(=O)CCn1cccn1. The maximum atomic E-state index is 12.1. The molecular weight excluding hydrogens is 216 g/mol. The van der Waals surface area contributed by atoms with Crippen molar-refractivity contribution in [3.05, 3.63) is 18.5 Å². The van der Waals surface area contributed by atoms with Crippen molar-refractivity contribution in [2.24, 2.45) is 5.73 Å². The van der Waals surface area contributed by atoms with Crippen molar-refractivity contribution >= 4 is 5.91 Å². The third-order valence-corrected chi connectivity index (χ3v) is 3.33. The van der Waals surface area contributed by atoms with Gasteiger partial charge in [0.15, 0.2) is 0 Å². The van der Waals surface area contributed by atoms with E-state index in [1.165, 1.54) is 6.42 Å². The number of nitrogens with zero attached hydrogens (tertiary/aromatic N) is 3. The molecule has 94 valence electrons. The smallest absolute Gasteiger partial charge is 0.224 e.